The third-order valence-corrected chi connectivity index (χ3v) is 3.27. The van der Waals surface area contributed by atoms with Gasteiger partial charge in [0.2, 0.25) is 0 Å². The number of aromatic nitrogens is 2. The molecule has 0 aliphatic carbocycles. The summed E-state index contributed by atoms with van der Waals surface area (Å²) in [5.41, 5.74) is 3.42. The molecule has 0 aliphatic rings. The van der Waals surface area contributed by atoms with E-state index in [1.54, 1.807) is 0 Å². The molecule has 0 spiro atoms. The second kappa shape index (κ2) is 5.55. The van der Waals surface area contributed by atoms with Crippen molar-refractivity contribution >= 4 is 11.6 Å². The molecule has 18 heavy (non-hydrogen) atoms. The van der Waals surface area contributed by atoms with Gasteiger partial charge in [-0.25, -0.2) is 0 Å². The fraction of sp³-hybridized carbons (Fsp3) is 0.357. The van der Waals surface area contributed by atoms with Gasteiger partial charge >= 0.3 is 0 Å². The van der Waals surface area contributed by atoms with Gasteiger partial charge in [-0.05, 0) is 37.6 Å². The Morgan fingerprint density at radius 2 is 2.17 bits per heavy atom. The van der Waals surface area contributed by atoms with Crippen LogP contribution in [-0.4, -0.2) is 9.78 Å². The lowest BCUT2D eigenvalue weighted by Crippen LogP contribution is -2.19. The van der Waals surface area contributed by atoms with Gasteiger partial charge in [-0.3, -0.25) is 4.68 Å². The fourth-order valence-corrected chi connectivity index (χ4v) is 2.18. The fourth-order valence-electron chi connectivity index (χ4n) is 1.98. The third kappa shape index (κ3) is 3.12. The molecule has 1 aromatic heterocycles. The van der Waals surface area contributed by atoms with Crippen LogP contribution in [0.5, 0.6) is 0 Å². The Kier molecular flexibility index (Phi) is 4.04. The van der Waals surface area contributed by atoms with Crippen molar-refractivity contribution in [2.75, 3.05) is 0 Å². The van der Waals surface area contributed by atoms with Gasteiger partial charge in [0.25, 0.3) is 0 Å². The zero-order chi connectivity index (χ0) is 13.1. The molecule has 2 rings (SSSR count). The van der Waals surface area contributed by atoms with E-state index in [0.717, 1.165) is 17.3 Å². The van der Waals surface area contributed by atoms with E-state index in [0.29, 0.717) is 0 Å². The number of rotatable bonds is 4. The molecule has 0 amide bonds. The summed E-state index contributed by atoms with van der Waals surface area (Å²) in [6.45, 7) is 4.93. The molecule has 1 heterocycles. The SMILES string of the molecule is Cc1cc(CNC(C)c2cccc(Cl)c2)n(C)n1. The van der Waals surface area contributed by atoms with Gasteiger partial charge < -0.3 is 5.32 Å². The maximum absolute atomic E-state index is 5.99. The quantitative estimate of drug-likeness (QED) is 0.918. The van der Waals surface area contributed by atoms with Crippen LogP contribution in [0.15, 0.2) is 30.3 Å². The van der Waals surface area contributed by atoms with Gasteiger partial charge in [0, 0.05) is 24.7 Å². The molecule has 0 saturated heterocycles. The standard InChI is InChI=1S/C14H18ClN3/c1-10-7-14(18(3)17-10)9-16-11(2)12-5-4-6-13(15)8-12/h4-8,11,16H,9H2,1-3H3. The van der Waals surface area contributed by atoms with E-state index < -0.39 is 0 Å². The van der Waals surface area contributed by atoms with Crippen LogP contribution in [-0.2, 0) is 13.6 Å². The second-order valence-electron chi connectivity index (χ2n) is 4.56. The lowest BCUT2D eigenvalue weighted by Gasteiger charge is -2.14. The Labute approximate surface area is 113 Å². The molecule has 0 aliphatic heterocycles. The zero-order valence-corrected chi connectivity index (χ0v) is 11.7. The molecule has 96 valence electrons. The Morgan fingerprint density at radius 1 is 1.39 bits per heavy atom. The molecule has 0 bridgehead atoms. The van der Waals surface area contributed by atoms with E-state index in [9.17, 15) is 0 Å². The van der Waals surface area contributed by atoms with Gasteiger partial charge in [-0.15, -0.1) is 0 Å². The molecular formula is C14H18ClN3. The van der Waals surface area contributed by atoms with E-state index in [-0.39, 0.29) is 6.04 Å². The molecule has 1 unspecified atom stereocenters. The largest absolute Gasteiger partial charge is 0.305 e. The van der Waals surface area contributed by atoms with E-state index in [2.05, 4.69) is 29.5 Å². The summed E-state index contributed by atoms with van der Waals surface area (Å²) < 4.78 is 1.91. The van der Waals surface area contributed by atoms with Crippen molar-refractivity contribution in [3.63, 3.8) is 0 Å². The minimum Gasteiger partial charge on any atom is -0.305 e. The van der Waals surface area contributed by atoms with Crippen LogP contribution >= 0.6 is 11.6 Å². The minimum absolute atomic E-state index is 0.263. The molecule has 1 aromatic carbocycles. The molecule has 1 atom stereocenters. The van der Waals surface area contributed by atoms with Crippen molar-refractivity contribution in [3.05, 3.63) is 52.3 Å². The summed E-state index contributed by atoms with van der Waals surface area (Å²) >= 11 is 5.99. The smallest absolute Gasteiger partial charge is 0.0597 e. The Morgan fingerprint density at radius 3 is 2.78 bits per heavy atom. The molecule has 0 radical (unpaired) electrons. The van der Waals surface area contributed by atoms with E-state index in [1.807, 2.05) is 36.9 Å². The lowest BCUT2D eigenvalue weighted by molar-refractivity contribution is 0.548. The van der Waals surface area contributed by atoms with Crippen LogP contribution in [0, 0.1) is 6.92 Å². The van der Waals surface area contributed by atoms with Gasteiger partial charge in [-0.2, -0.15) is 5.10 Å². The van der Waals surface area contributed by atoms with Crippen molar-refractivity contribution in [1.82, 2.24) is 15.1 Å². The average molecular weight is 264 g/mol. The Bertz CT molecular complexity index is 534. The summed E-state index contributed by atoms with van der Waals surface area (Å²) in [4.78, 5) is 0. The van der Waals surface area contributed by atoms with Gasteiger partial charge in [0.15, 0.2) is 0 Å². The van der Waals surface area contributed by atoms with E-state index in [1.165, 1.54) is 11.3 Å². The summed E-state index contributed by atoms with van der Waals surface area (Å²) in [5, 5.41) is 8.58. The number of nitrogens with one attached hydrogen (secondary N) is 1. The average Bonchev–Trinajstić information content (AvgIpc) is 2.65. The molecule has 0 saturated carbocycles. The Hall–Kier alpha value is -1.32. The number of halogens is 1. The van der Waals surface area contributed by atoms with Crippen LogP contribution in [0.1, 0.15) is 29.9 Å². The van der Waals surface area contributed by atoms with Crippen LogP contribution in [0.25, 0.3) is 0 Å². The second-order valence-corrected chi connectivity index (χ2v) is 4.99. The monoisotopic (exact) mass is 263 g/mol. The number of benzene rings is 1. The Balaban J connectivity index is 2.00. The first-order valence-corrected chi connectivity index (χ1v) is 6.42. The highest BCUT2D eigenvalue weighted by Gasteiger charge is 2.07. The topological polar surface area (TPSA) is 29.9 Å². The molecule has 1 N–H and O–H groups in total. The van der Waals surface area contributed by atoms with Crippen molar-refractivity contribution in [2.24, 2.45) is 7.05 Å². The zero-order valence-electron chi connectivity index (χ0n) is 10.9. The van der Waals surface area contributed by atoms with E-state index in [4.69, 9.17) is 11.6 Å². The molecule has 0 fully saturated rings. The predicted octanol–water partition coefficient (Wildman–Crippen LogP) is 3.23. The first kappa shape index (κ1) is 13.1. The lowest BCUT2D eigenvalue weighted by atomic mass is 10.1. The molecule has 4 heteroatoms. The summed E-state index contributed by atoms with van der Waals surface area (Å²) in [5.74, 6) is 0. The number of hydrogen-bond acceptors (Lipinski definition) is 2. The first-order valence-electron chi connectivity index (χ1n) is 6.04. The van der Waals surface area contributed by atoms with Crippen LogP contribution < -0.4 is 5.32 Å². The molecular weight excluding hydrogens is 246 g/mol. The summed E-state index contributed by atoms with van der Waals surface area (Å²) in [6, 6.07) is 10.3. The normalized spacial score (nSPS) is 12.7. The summed E-state index contributed by atoms with van der Waals surface area (Å²) in [6.07, 6.45) is 0. The highest BCUT2D eigenvalue weighted by atomic mass is 35.5. The van der Waals surface area contributed by atoms with Crippen LogP contribution in [0.2, 0.25) is 5.02 Å². The van der Waals surface area contributed by atoms with Crippen LogP contribution in [0.3, 0.4) is 0 Å². The van der Waals surface area contributed by atoms with Crippen molar-refractivity contribution in [1.29, 1.82) is 0 Å². The summed E-state index contributed by atoms with van der Waals surface area (Å²) in [7, 11) is 1.97. The maximum Gasteiger partial charge on any atom is 0.0597 e. The van der Waals surface area contributed by atoms with Crippen molar-refractivity contribution in [2.45, 2.75) is 26.4 Å². The van der Waals surface area contributed by atoms with Gasteiger partial charge in [0.05, 0.1) is 11.4 Å². The van der Waals surface area contributed by atoms with Crippen LogP contribution in [0.4, 0.5) is 0 Å². The van der Waals surface area contributed by atoms with E-state index >= 15 is 0 Å². The highest BCUT2D eigenvalue weighted by Crippen LogP contribution is 2.17. The third-order valence-electron chi connectivity index (χ3n) is 3.04. The van der Waals surface area contributed by atoms with Crippen molar-refractivity contribution < 1.29 is 0 Å². The number of aryl methyl sites for hydroxylation is 2. The molecule has 2 aromatic rings. The number of nitrogens with zero attached hydrogens (tertiary/aromatic N) is 2. The number of hydrogen-bond donors (Lipinski definition) is 1. The van der Waals surface area contributed by atoms with Crippen molar-refractivity contribution in [3.8, 4) is 0 Å². The minimum atomic E-state index is 0.263. The molecule has 3 nitrogen and oxygen atoms in total. The first-order chi connectivity index (χ1) is 8.56. The predicted molar refractivity (Wildman–Crippen MR) is 74.7 cm³/mol. The highest BCUT2D eigenvalue weighted by molar-refractivity contribution is 6.30. The maximum atomic E-state index is 5.99. The van der Waals surface area contributed by atoms with Gasteiger partial charge in [0.1, 0.15) is 0 Å². The van der Waals surface area contributed by atoms with Gasteiger partial charge in [-0.1, -0.05) is 23.7 Å².